The van der Waals surface area contributed by atoms with E-state index >= 15 is 0 Å². The molecule has 138 valence electrons. The molecule has 1 N–H and O–H groups in total. The lowest BCUT2D eigenvalue weighted by Crippen LogP contribution is -2.36. The molecular formula is C19H21F2N3OS. The summed E-state index contributed by atoms with van der Waals surface area (Å²) in [5, 5.41) is 3.55. The first-order valence-electron chi connectivity index (χ1n) is 8.80. The number of hydrogen-bond donors (Lipinski definition) is 1. The molecule has 0 unspecified atom stereocenters. The summed E-state index contributed by atoms with van der Waals surface area (Å²) in [7, 11) is 0. The monoisotopic (exact) mass is 377 g/mol. The van der Waals surface area contributed by atoms with E-state index < -0.39 is 11.6 Å². The van der Waals surface area contributed by atoms with Gasteiger partial charge in [-0.1, -0.05) is 18.3 Å². The van der Waals surface area contributed by atoms with Crippen LogP contribution in [0.1, 0.15) is 42.3 Å². The molecule has 1 aliphatic rings. The zero-order chi connectivity index (χ0) is 18.5. The quantitative estimate of drug-likeness (QED) is 0.769. The number of hydrogen-bond acceptors (Lipinski definition) is 4. The fraction of sp³-hybridized carbons (Fsp3) is 0.421. The van der Waals surface area contributed by atoms with Gasteiger partial charge in [-0.05, 0) is 49.8 Å². The van der Waals surface area contributed by atoms with Gasteiger partial charge in [-0.3, -0.25) is 4.79 Å². The number of nitrogens with zero attached hydrogens (tertiary/aromatic N) is 2. The highest BCUT2D eigenvalue weighted by molar-refractivity contribution is 7.15. The van der Waals surface area contributed by atoms with Crippen molar-refractivity contribution >= 4 is 28.6 Å². The molecule has 0 saturated carbocycles. The van der Waals surface area contributed by atoms with E-state index in [2.05, 4.69) is 15.3 Å². The summed E-state index contributed by atoms with van der Waals surface area (Å²) in [6.07, 6.45) is 6.73. The van der Waals surface area contributed by atoms with Gasteiger partial charge in [0, 0.05) is 17.2 Å². The lowest BCUT2D eigenvalue weighted by atomic mass is 10.0. The SMILES string of the molecule is CC[C@@H](/C=N/c1nc2c(s1)CCCC2)NC(=O)Cc1cc(F)cc(F)c1. The molecule has 1 heterocycles. The first-order valence-corrected chi connectivity index (χ1v) is 9.62. The Bertz CT molecular complexity index is 775. The smallest absolute Gasteiger partial charge is 0.224 e. The largest absolute Gasteiger partial charge is 0.348 e. The topological polar surface area (TPSA) is 54.4 Å². The van der Waals surface area contributed by atoms with Crippen molar-refractivity contribution in [2.75, 3.05) is 0 Å². The molecule has 1 aliphatic carbocycles. The van der Waals surface area contributed by atoms with Gasteiger partial charge in [-0.15, -0.1) is 0 Å². The summed E-state index contributed by atoms with van der Waals surface area (Å²) in [6, 6.07) is 2.87. The average Bonchev–Trinajstić information content (AvgIpc) is 3.00. The van der Waals surface area contributed by atoms with Crippen molar-refractivity contribution in [3.05, 3.63) is 46.0 Å². The summed E-state index contributed by atoms with van der Waals surface area (Å²) >= 11 is 1.61. The lowest BCUT2D eigenvalue weighted by molar-refractivity contribution is -0.120. The van der Waals surface area contributed by atoms with Crippen LogP contribution in [0.3, 0.4) is 0 Å². The van der Waals surface area contributed by atoms with E-state index in [9.17, 15) is 13.6 Å². The number of carbonyl (C=O) groups excluding carboxylic acids is 1. The van der Waals surface area contributed by atoms with Crippen LogP contribution in [0.25, 0.3) is 0 Å². The van der Waals surface area contributed by atoms with E-state index in [1.807, 2.05) is 6.92 Å². The van der Waals surface area contributed by atoms with Gasteiger partial charge in [0.05, 0.1) is 18.2 Å². The number of benzene rings is 1. The summed E-state index contributed by atoms with van der Waals surface area (Å²) in [6.45, 7) is 1.94. The van der Waals surface area contributed by atoms with Gasteiger partial charge < -0.3 is 5.32 Å². The van der Waals surface area contributed by atoms with Gasteiger partial charge in [-0.2, -0.15) is 0 Å². The minimum absolute atomic E-state index is 0.0788. The maximum atomic E-state index is 13.2. The second-order valence-corrected chi connectivity index (χ2v) is 7.45. The molecule has 0 saturated heterocycles. The maximum absolute atomic E-state index is 13.2. The first-order chi connectivity index (χ1) is 12.5. The molecule has 7 heteroatoms. The zero-order valence-corrected chi connectivity index (χ0v) is 15.4. The van der Waals surface area contributed by atoms with Gasteiger partial charge >= 0.3 is 0 Å². The lowest BCUT2D eigenvalue weighted by Gasteiger charge is -2.12. The third kappa shape index (κ3) is 4.94. The fourth-order valence-electron chi connectivity index (χ4n) is 2.95. The normalized spacial score (nSPS) is 15.0. The second-order valence-electron chi connectivity index (χ2n) is 6.39. The highest BCUT2D eigenvalue weighted by Gasteiger charge is 2.15. The van der Waals surface area contributed by atoms with Crippen molar-refractivity contribution in [3.8, 4) is 0 Å². The second kappa shape index (κ2) is 8.49. The Balaban J connectivity index is 1.59. The Morgan fingerprint density at radius 2 is 2.04 bits per heavy atom. The molecule has 1 aromatic carbocycles. The number of fused-ring (bicyclic) bond motifs is 1. The molecule has 2 aromatic rings. The zero-order valence-electron chi connectivity index (χ0n) is 14.6. The Hall–Kier alpha value is -2.15. The number of carbonyl (C=O) groups is 1. The third-order valence-electron chi connectivity index (χ3n) is 4.27. The van der Waals surface area contributed by atoms with E-state index in [0.717, 1.165) is 41.9 Å². The molecule has 1 amide bonds. The highest BCUT2D eigenvalue weighted by Crippen LogP contribution is 2.30. The summed E-state index contributed by atoms with van der Waals surface area (Å²) in [5.41, 5.74) is 1.46. The standard InChI is InChI=1S/C19H21F2N3OS/c1-2-15(11-22-19-24-16-5-3-4-6-17(16)26-19)23-18(25)9-12-7-13(20)10-14(21)8-12/h7-8,10-11,15H,2-6,9H2,1H3,(H,23,25)/b22-11+/t15-/m0/s1. The van der Waals surface area contributed by atoms with Crippen LogP contribution in [0.5, 0.6) is 0 Å². The van der Waals surface area contributed by atoms with Crippen LogP contribution >= 0.6 is 11.3 Å². The number of amides is 1. The minimum atomic E-state index is -0.686. The predicted molar refractivity (Wildman–Crippen MR) is 99.2 cm³/mol. The fourth-order valence-corrected chi connectivity index (χ4v) is 3.95. The number of aryl methyl sites for hydroxylation is 2. The molecule has 0 fully saturated rings. The van der Waals surface area contributed by atoms with Crippen molar-refractivity contribution < 1.29 is 13.6 Å². The van der Waals surface area contributed by atoms with Crippen LogP contribution in [0.2, 0.25) is 0 Å². The Morgan fingerprint density at radius 3 is 2.73 bits per heavy atom. The number of aromatic nitrogens is 1. The van der Waals surface area contributed by atoms with Crippen molar-refractivity contribution in [2.24, 2.45) is 4.99 Å². The van der Waals surface area contributed by atoms with Crippen LogP contribution in [-0.2, 0) is 24.1 Å². The maximum Gasteiger partial charge on any atom is 0.224 e. The number of nitrogens with one attached hydrogen (secondary N) is 1. The average molecular weight is 377 g/mol. The summed E-state index contributed by atoms with van der Waals surface area (Å²) < 4.78 is 26.4. The van der Waals surface area contributed by atoms with Gasteiger partial charge in [0.15, 0.2) is 0 Å². The van der Waals surface area contributed by atoms with Crippen molar-refractivity contribution in [2.45, 2.75) is 51.5 Å². The molecule has 1 atom stereocenters. The Labute approximate surface area is 155 Å². The predicted octanol–water partition coefficient (Wildman–Crippen LogP) is 4.14. The molecule has 0 radical (unpaired) electrons. The first kappa shape index (κ1) is 18.6. The van der Waals surface area contributed by atoms with Crippen LogP contribution in [0.4, 0.5) is 13.9 Å². The van der Waals surface area contributed by atoms with Gasteiger partial charge in [0.1, 0.15) is 11.6 Å². The number of thiazole rings is 1. The highest BCUT2D eigenvalue weighted by atomic mass is 32.1. The minimum Gasteiger partial charge on any atom is -0.348 e. The van der Waals surface area contributed by atoms with Crippen molar-refractivity contribution in [1.82, 2.24) is 10.3 Å². The number of aliphatic imine (C=N–C) groups is 1. The molecule has 3 rings (SSSR count). The van der Waals surface area contributed by atoms with E-state index in [1.165, 1.54) is 17.7 Å². The summed E-state index contributed by atoms with van der Waals surface area (Å²) in [4.78, 5) is 22.4. The van der Waals surface area contributed by atoms with Gasteiger partial charge in [0.25, 0.3) is 0 Å². The molecule has 1 aromatic heterocycles. The van der Waals surface area contributed by atoms with Crippen LogP contribution < -0.4 is 5.32 Å². The van der Waals surface area contributed by atoms with Crippen LogP contribution in [-0.4, -0.2) is 23.1 Å². The molecular weight excluding hydrogens is 356 g/mol. The van der Waals surface area contributed by atoms with E-state index in [-0.39, 0.29) is 18.4 Å². The van der Waals surface area contributed by atoms with E-state index in [0.29, 0.717) is 12.0 Å². The van der Waals surface area contributed by atoms with Gasteiger partial charge in [0.2, 0.25) is 11.0 Å². The van der Waals surface area contributed by atoms with Gasteiger partial charge in [-0.25, -0.2) is 18.8 Å². The van der Waals surface area contributed by atoms with Crippen molar-refractivity contribution in [3.63, 3.8) is 0 Å². The van der Waals surface area contributed by atoms with E-state index in [4.69, 9.17) is 0 Å². The molecule has 0 spiro atoms. The Kier molecular flexibility index (Phi) is 6.08. The molecule has 4 nitrogen and oxygen atoms in total. The van der Waals surface area contributed by atoms with E-state index in [1.54, 1.807) is 17.6 Å². The molecule has 26 heavy (non-hydrogen) atoms. The summed E-state index contributed by atoms with van der Waals surface area (Å²) in [5.74, 6) is -1.67. The van der Waals surface area contributed by atoms with Crippen molar-refractivity contribution in [1.29, 1.82) is 0 Å². The molecule has 0 aliphatic heterocycles. The molecule has 0 bridgehead atoms. The van der Waals surface area contributed by atoms with Crippen LogP contribution in [0.15, 0.2) is 23.2 Å². The Morgan fingerprint density at radius 1 is 1.31 bits per heavy atom. The number of rotatable bonds is 6. The third-order valence-corrected chi connectivity index (χ3v) is 5.34. The number of halogens is 2. The van der Waals surface area contributed by atoms with Crippen LogP contribution in [0, 0.1) is 11.6 Å².